The van der Waals surface area contributed by atoms with Gasteiger partial charge in [0.1, 0.15) is 5.82 Å². The largest absolute Gasteiger partial charge is 0.368 e. The van der Waals surface area contributed by atoms with Crippen molar-refractivity contribution in [3.8, 4) is 0 Å². The fraction of sp³-hybridized carbons (Fsp3) is 0.455. The van der Waals surface area contributed by atoms with Gasteiger partial charge in [-0.1, -0.05) is 0 Å². The highest BCUT2D eigenvalue weighted by molar-refractivity contribution is 7.99. The third-order valence-corrected chi connectivity index (χ3v) is 3.41. The number of nitrogens with zero attached hydrogens (tertiary/aromatic N) is 1. The van der Waals surface area contributed by atoms with Gasteiger partial charge in [-0.2, -0.15) is 0 Å². The minimum atomic E-state index is -0.163. The Hall–Kier alpha value is -0.740. The Morgan fingerprint density at radius 1 is 1.60 bits per heavy atom. The van der Waals surface area contributed by atoms with E-state index in [9.17, 15) is 4.39 Å². The van der Waals surface area contributed by atoms with Crippen LogP contribution in [0.25, 0.3) is 0 Å². The fourth-order valence-corrected chi connectivity index (χ4v) is 2.86. The van der Waals surface area contributed by atoms with Crippen LogP contribution in [0.2, 0.25) is 0 Å². The first-order valence-electron chi connectivity index (χ1n) is 5.09. The summed E-state index contributed by atoms with van der Waals surface area (Å²) in [5.41, 5.74) is 6.90. The third kappa shape index (κ3) is 2.44. The van der Waals surface area contributed by atoms with E-state index in [1.165, 1.54) is 6.07 Å². The van der Waals surface area contributed by atoms with Gasteiger partial charge < -0.3 is 10.6 Å². The summed E-state index contributed by atoms with van der Waals surface area (Å²) >= 11 is 1.71. The number of hydrogen-bond donors (Lipinski definition) is 1. The number of thioether (sulfide) groups is 1. The lowest BCUT2D eigenvalue weighted by Gasteiger charge is -2.32. The van der Waals surface area contributed by atoms with Crippen LogP contribution in [0.3, 0.4) is 0 Å². The molecule has 2 nitrogen and oxygen atoms in total. The third-order valence-electron chi connectivity index (χ3n) is 2.39. The summed E-state index contributed by atoms with van der Waals surface area (Å²) in [6, 6.07) is 5.11. The molecule has 1 aliphatic heterocycles. The molecule has 0 spiro atoms. The van der Waals surface area contributed by atoms with Gasteiger partial charge in [-0.25, -0.2) is 4.39 Å². The van der Waals surface area contributed by atoms with Gasteiger partial charge in [0.25, 0.3) is 0 Å². The Morgan fingerprint density at radius 3 is 3.13 bits per heavy atom. The average molecular weight is 226 g/mol. The quantitative estimate of drug-likeness (QED) is 0.837. The smallest absolute Gasteiger partial charge is 0.124 e. The predicted molar refractivity (Wildman–Crippen MR) is 63.0 cm³/mol. The van der Waals surface area contributed by atoms with Crippen LogP contribution in [0.15, 0.2) is 23.1 Å². The minimum Gasteiger partial charge on any atom is -0.368 e. The van der Waals surface area contributed by atoms with E-state index < -0.39 is 0 Å². The van der Waals surface area contributed by atoms with E-state index in [4.69, 9.17) is 5.73 Å². The second-order valence-electron chi connectivity index (χ2n) is 3.88. The van der Waals surface area contributed by atoms with Crippen LogP contribution in [-0.2, 0) is 0 Å². The van der Waals surface area contributed by atoms with E-state index in [-0.39, 0.29) is 11.9 Å². The van der Waals surface area contributed by atoms with Gasteiger partial charge in [0.15, 0.2) is 0 Å². The molecular weight excluding hydrogens is 211 g/mol. The first-order chi connectivity index (χ1) is 7.16. The number of fused-ring (bicyclic) bond motifs is 1. The first-order valence-corrected chi connectivity index (χ1v) is 6.08. The molecule has 2 rings (SSSR count). The number of nitrogens with two attached hydrogens (primary N) is 1. The molecule has 0 radical (unpaired) electrons. The van der Waals surface area contributed by atoms with E-state index in [2.05, 4.69) is 4.90 Å². The lowest BCUT2D eigenvalue weighted by molar-refractivity contribution is 0.621. The molecule has 0 saturated carbocycles. The highest BCUT2D eigenvalue weighted by atomic mass is 32.2. The van der Waals surface area contributed by atoms with E-state index in [1.807, 2.05) is 13.0 Å². The van der Waals surface area contributed by atoms with Crippen LogP contribution in [0.5, 0.6) is 0 Å². The van der Waals surface area contributed by atoms with Crippen molar-refractivity contribution in [3.05, 3.63) is 24.0 Å². The second-order valence-corrected chi connectivity index (χ2v) is 5.02. The van der Waals surface area contributed by atoms with Gasteiger partial charge in [-0.05, 0) is 25.1 Å². The summed E-state index contributed by atoms with van der Waals surface area (Å²) in [5, 5.41) is 0. The van der Waals surface area contributed by atoms with Gasteiger partial charge in [0.05, 0.1) is 5.69 Å². The zero-order valence-electron chi connectivity index (χ0n) is 8.74. The van der Waals surface area contributed by atoms with Crippen molar-refractivity contribution in [2.45, 2.75) is 17.9 Å². The van der Waals surface area contributed by atoms with Crippen molar-refractivity contribution in [2.75, 3.05) is 23.7 Å². The van der Waals surface area contributed by atoms with Crippen LogP contribution in [0.1, 0.15) is 6.92 Å². The molecule has 0 aromatic heterocycles. The Bertz CT molecular complexity index is 354. The number of halogens is 1. The maximum Gasteiger partial charge on any atom is 0.124 e. The van der Waals surface area contributed by atoms with E-state index >= 15 is 0 Å². The number of rotatable bonds is 2. The predicted octanol–water partition coefficient (Wildman–Crippen LogP) is 2.08. The van der Waals surface area contributed by atoms with Crippen LogP contribution >= 0.6 is 11.8 Å². The maximum absolute atomic E-state index is 13.0. The van der Waals surface area contributed by atoms with E-state index in [0.717, 1.165) is 29.4 Å². The van der Waals surface area contributed by atoms with Crippen molar-refractivity contribution in [2.24, 2.45) is 5.73 Å². The lowest BCUT2D eigenvalue weighted by Crippen LogP contribution is -2.38. The normalized spacial score (nSPS) is 17.4. The van der Waals surface area contributed by atoms with Crippen LogP contribution in [0.4, 0.5) is 10.1 Å². The molecule has 0 bridgehead atoms. The zero-order chi connectivity index (χ0) is 10.8. The van der Waals surface area contributed by atoms with Gasteiger partial charge in [0, 0.05) is 29.8 Å². The van der Waals surface area contributed by atoms with Gasteiger partial charge >= 0.3 is 0 Å². The molecule has 1 atom stereocenters. The molecule has 1 unspecified atom stereocenters. The highest BCUT2D eigenvalue weighted by Gasteiger charge is 2.18. The van der Waals surface area contributed by atoms with Crippen LogP contribution < -0.4 is 10.6 Å². The summed E-state index contributed by atoms with van der Waals surface area (Å²) in [7, 11) is 0. The van der Waals surface area contributed by atoms with Gasteiger partial charge in [-0.3, -0.25) is 0 Å². The van der Waals surface area contributed by atoms with Crippen molar-refractivity contribution in [1.82, 2.24) is 0 Å². The van der Waals surface area contributed by atoms with Crippen molar-refractivity contribution < 1.29 is 4.39 Å². The van der Waals surface area contributed by atoms with Crippen LogP contribution in [0, 0.1) is 5.82 Å². The monoisotopic (exact) mass is 226 g/mol. The molecule has 0 saturated heterocycles. The zero-order valence-corrected chi connectivity index (χ0v) is 9.56. The Labute approximate surface area is 93.6 Å². The molecule has 0 amide bonds. The van der Waals surface area contributed by atoms with Crippen molar-refractivity contribution in [1.29, 1.82) is 0 Å². The lowest BCUT2D eigenvalue weighted by atomic mass is 10.2. The Kier molecular flexibility index (Phi) is 3.17. The van der Waals surface area contributed by atoms with Gasteiger partial charge in [0.2, 0.25) is 0 Å². The summed E-state index contributed by atoms with van der Waals surface area (Å²) in [6.45, 7) is 3.81. The average Bonchev–Trinajstić information content (AvgIpc) is 2.16. The van der Waals surface area contributed by atoms with Crippen LogP contribution in [-0.4, -0.2) is 24.9 Å². The topological polar surface area (TPSA) is 29.3 Å². The minimum absolute atomic E-state index is 0.144. The fourth-order valence-electron chi connectivity index (χ4n) is 1.79. The summed E-state index contributed by atoms with van der Waals surface area (Å²) in [6.07, 6.45) is 0. The molecule has 82 valence electrons. The van der Waals surface area contributed by atoms with Crippen molar-refractivity contribution >= 4 is 17.4 Å². The molecule has 4 heteroatoms. The number of benzene rings is 1. The Morgan fingerprint density at radius 2 is 2.40 bits per heavy atom. The van der Waals surface area contributed by atoms with Crippen molar-refractivity contribution in [3.63, 3.8) is 0 Å². The molecule has 1 aliphatic rings. The maximum atomic E-state index is 13.0. The van der Waals surface area contributed by atoms with Gasteiger partial charge in [-0.15, -0.1) is 11.8 Å². The summed E-state index contributed by atoms with van der Waals surface area (Å²) < 4.78 is 13.0. The molecule has 1 heterocycles. The molecule has 1 aromatic carbocycles. The highest BCUT2D eigenvalue weighted by Crippen LogP contribution is 2.34. The first kappa shape index (κ1) is 10.8. The SMILES string of the molecule is CC(N)CN1CCSc2cc(F)ccc21. The molecule has 1 aromatic rings. The standard InChI is InChI=1S/C11H15FN2S/c1-8(13)7-14-4-5-15-11-6-9(12)2-3-10(11)14/h2-3,6,8H,4-5,7,13H2,1H3. The molecule has 15 heavy (non-hydrogen) atoms. The second kappa shape index (κ2) is 4.41. The van der Waals surface area contributed by atoms with E-state index in [0.29, 0.717) is 0 Å². The summed E-state index contributed by atoms with van der Waals surface area (Å²) in [4.78, 5) is 3.26. The molecule has 2 N–H and O–H groups in total. The molecule has 0 fully saturated rings. The van der Waals surface area contributed by atoms with E-state index in [1.54, 1.807) is 17.8 Å². The Balaban J connectivity index is 2.26. The summed E-state index contributed by atoms with van der Waals surface area (Å²) in [5.74, 6) is 0.840. The number of anilines is 1. The molecule has 0 aliphatic carbocycles. The molecular formula is C11H15FN2S. The number of hydrogen-bond acceptors (Lipinski definition) is 3.